The quantitative estimate of drug-likeness (QED) is 0.817. The summed E-state index contributed by atoms with van der Waals surface area (Å²) < 4.78 is 0. The average Bonchev–Trinajstić information content (AvgIpc) is 2.84. The maximum atomic E-state index is 11.4. The maximum absolute atomic E-state index is 11.4. The number of fused-ring (bicyclic) bond motifs is 1. The minimum absolute atomic E-state index is 0.151. The number of aryl methyl sites for hydroxylation is 1. The van der Waals surface area contributed by atoms with Crippen LogP contribution in [0.4, 0.5) is 0 Å². The molecule has 2 heteroatoms. The molecule has 2 aromatic rings. The number of benzene rings is 2. The zero-order chi connectivity index (χ0) is 13.1. The van der Waals surface area contributed by atoms with E-state index in [2.05, 4.69) is 42.5 Å². The van der Waals surface area contributed by atoms with Crippen molar-refractivity contribution in [2.75, 3.05) is 13.1 Å². The molecule has 0 bridgehead atoms. The van der Waals surface area contributed by atoms with Crippen LogP contribution in [0.5, 0.6) is 0 Å². The molecule has 0 saturated heterocycles. The lowest BCUT2D eigenvalue weighted by atomic mass is 10.0. The predicted molar refractivity (Wildman–Crippen MR) is 78.0 cm³/mol. The van der Waals surface area contributed by atoms with Crippen LogP contribution in [0.3, 0.4) is 0 Å². The highest BCUT2D eigenvalue weighted by atomic mass is 16.2. The van der Waals surface area contributed by atoms with Crippen molar-refractivity contribution >= 4 is 16.7 Å². The minimum atomic E-state index is 0.151. The van der Waals surface area contributed by atoms with Gasteiger partial charge in [-0.1, -0.05) is 48.5 Å². The zero-order valence-electron chi connectivity index (χ0n) is 10.9. The highest BCUT2D eigenvalue weighted by molar-refractivity contribution is 5.89. The Morgan fingerprint density at radius 1 is 1.05 bits per heavy atom. The maximum Gasteiger partial charge on any atom is 0.246 e. The first-order valence-corrected chi connectivity index (χ1v) is 6.76. The molecular formula is C17H17NO. The van der Waals surface area contributed by atoms with Gasteiger partial charge in [-0.25, -0.2) is 0 Å². The summed E-state index contributed by atoms with van der Waals surface area (Å²) in [5.41, 5.74) is 1.35. The van der Waals surface area contributed by atoms with Gasteiger partial charge in [-0.2, -0.15) is 0 Å². The topological polar surface area (TPSA) is 20.3 Å². The summed E-state index contributed by atoms with van der Waals surface area (Å²) in [7, 11) is 0. The Labute approximate surface area is 113 Å². The van der Waals surface area contributed by atoms with Crippen LogP contribution in [0.1, 0.15) is 12.0 Å². The number of carbonyl (C=O) groups is 1. The van der Waals surface area contributed by atoms with Crippen molar-refractivity contribution in [1.82, 2.24) is 4.90 Å². The third-order valence-electron chi connectivity index (χ3n) is 3.61. The molecule has 0 spiro atoms. The first-order valence-electron chi connectivity index (χ1n) is 6.76. The number of nitrogens with zero attached hydrogens (tertiary/aromatic N) is 1. The van der Waals surface area contributed by atoms with E-state index in [1.807, 2.05) is 11.0 Å². The molecule has 0 unspecified atom stereocenters. The number of hydrogen-bond donors (Lipinski definition) is 0. The molecule has 0 radical (unpaired) electrons. The van der Waals surface area contributed by atoms with Gasteiger partial charge in [0.15, 0.2) is 0 Å². The van der Waals surface area contributed by atoms with E-state index in [4.69, 9.17) is 0 Å². The normalized spacial score (nSPS) is 14.5. The van der Waals surface area contributed by atoms with Crippen LogP contribution in [0.2, 0.25) is 0 Å². The molecule has 2 nitrogen and oxygen atoms in total. The van der Waals surface area contributed by atoms with Crippen molar-refractivity contribution in [2.45, 2.75) is 12.8 Å². The Balaban J connectivity index is 1.61. The summed E-state index contributed by atoms with van der Waals surface area (Å²) in [6.07, 6.45) is 5.63. The summed E-state index contributed by atoms with van der Waals surface area (Å²) in [6.45, 7) is 1.62. The molecule has 96 valence electrons. The lowest BCUT2D eigenvalue weighted by Crippen LogP contribution is -2.26. The zero-order valence-corrected chi connectivity index (χ0v) is 10.9. The van der Waals surface area contributed by atoms with Gasteiger partial charge in [-0.05, 0) is 29.2 Å². The van der Waals surface area contributed by atoms with Gasteiger partial charge in [0.1, 0.15) is 0 Å². The number of hydrogen-bond acceptors (Lipinski definition) is 1. The summed E-state index contributed by atoms with van der Waals surface area (Å²) in [4.78, 5) is 13.3. The molecule has 1 amide bonds. The van der Waals surface area contributed by atoms with Crippen molar-refractivity contribution in [3.05, 3.63) is 60.2 Å². The minimum Gasteiger partial charge on any atom is -0.335 e. The van der Waals surface area contributed by atoms with Crippen LogP contribution in [0.15, 0.2) is 54.6 Å². The number of amides is 1. The van der Waals surface area contributed by atoms with E-state index < -0.39 is 0 Å². The SMILES string of the molecule is O=C1C=CCN1CCCc1ccc2ccccc2c1. The molecule has 0 aromatic heterocycles. The van der Waals surface area contributed by atoms with Crippen LogP contribution in [0.25, 0.3) is 10.8 Å². The fourth-order valence-electron chi connectivity index (χ4n) is 2.55. The smallest absolute Gasteiger partial charge is 0.246 e. The van der Waals surface area contributed by atoms with Gasteiger partial charge in [-0.15, -0.1) is 0 Å². The van der Waals surface area contributed by atoms with Crippen molar-refractivity contribution in [1.29, 1.82) is 0 Å². The predicted octanol–water partition coefficient (Wildman–Crippen LogP) is 3.17. The summed E-state index contributed by atoms with van der Waals surface area (Å²) >= 11 is 0. The Kier molecular flexibility index (Phi) is 3.32. The summed E-state index contributed by atoms with van der Waals surface area (Å²) in [5.74, 6) is 0.151. The second kappa shape index (κ2) is 5.27. The molecule has 1 heterocycles. The van der Waals surface area contributed by atoms with Crippen LogP contribution < -0.4 is 0 Å². The van der Waals surface area contributed by atoms with Crippen LogP contribution in [0, 0.1) is 0 Å². The van der Waals surface area contributed by atoms with Crippen molar-refractivity contribution < 1.29 is 4.79 Å². The highest BCUT2D eigenvalue weighted by Gasteiger charge is 2.13. The van der Waals surface area contributed by atoms with E-state index in [-0.39, 0.29) is 5.91 Å². The van der Waals surface area contributed by atoms with Gasteiger partial charge in [0.05, 0.1) is 0 Å². The Morgan fingerprint density at radius 2 is 1.89 bits per heavy atom. The van der Waals surface area contributed by atoms with Crippen LogP contribution in [-0.2, 0) is 11.2 Å². The largest absolute Gasteiger partial charge is 0.335 e. The van der Waals surface area contributed by atoms with Crippen molar-refractivity contribution in [2.24, 2.45) is 0 Å². The second-order valence-electron chi connectivity index (χ2n) is 4.97. The van der Waals surface area contributed by atoms with E-state index in [1.54, 1.807) is 6.08 Å². The van der Waals surface area contributed by atoms with Gasteiger partial charge < -0.3 is 4.90 Å². The van der Waals surface area contributed by atoms with E-state index in [0.29, 0.717) is 0 Å². The fraction of sp³-hybridized carbons (Fsp3) is 0.235. The molecule has 0 aliphatic carbocycles. The molecule has 0 atom stereocenters. The first-order chi connectivity index (χ1) is 9.33. The molecule has 2 aromatic carbocycles. The third-order valence-corrected chi connectivity index (χ3v) is 3.61. The average molecular weight is 251 g/mol. The van der Waals surface area contributed by atoms with E-state index in [0.717, 1.165) is 25.9 Å². The Bertz CT molecular complexity index is 630. The highest BCUT2D eigenvalue weighted by Crippen LogP contribution is 2.16. The molecular weight excluding hydrogens is 234 g/mol. The number of carbonyl (C=O) groups excluding carboxylic acids is 1. The first kappa shape index (κ1) is 12.0. The molecule has 3 rings (SSSR count). The summed E-state index contributed by atoms with van der Waals surface area (Å²) in [5, 5.41) is 2.57. The van der Waals surface area contributed by atoms with Crippen LogP contribution in [-0.4, -0.2) is 23.9 Å². The second-order valence-corrected chi connectivity index (χ2v) is 4.97. The van der Waals surface area contributed by atoms with Gasteiger partial charge >= 0.3 is 0 Å². The van der Waals surface area contributed by atoms with Gasteiger partial charge in [-0.3, -0.25) is 4.79 Å². The summed E-state index contributed by atoms with van der Waals surface area (Å²) in [6, 6.07) is 15.0. The van der Waals surface area contributed by atoms with E-state index in [9.17, 15) is 4.79 Å². The third kappa shape index (κ3) is 2.68. The van der Waals surface area contributed by atoms with Crippen LogP contribution >= 0.6 is 0 Å². The van der Waals surface area contributed by atoms with E-state index in [1.165, 1.54) is 16.3 Å². The molecule has 19 heavy (non-hydrogen) atoms. The molecule has 1 aliphatic heterocycles. The van der Waals surface area contributed by atoms with E-state index >= 15 is 0 Å². The molecule has 0 N–H and O–H groups in total. The van der Waals surface area contributed by atoms with Gasteiger partial charge in [0, 0.05) is 19.2 Å². The monoisotopic (exact) mass is 251 g/mol. The molecule has 0 saturated carbocycles. The fourth-order valence-corrected chi connectivity index (χ4v) is 2.55. The van der Waals surface area contributed by atoms with Gasteiger partial charge in [0.2, 0.25) is 5.91 Å². The standard InChI is InChI=1S/C17H17NO/c19-17-8-4-12-18(17)11-3-5-14-9-10-15-6-1-2-7-16(15)13-14/h1-2,4,6-10,13H,3,5,11-12H2. The molecule has 0 fully saturated rings. The molecule has 1 aliphatic rings. The Morgan fingerprint density at radius 3 is 2.68 bits per heavy atom. The van der Waals surface area contributed by atoms with Gasteiger partial charge in [0.25, 0.3) is 0 Å². The lowest BCUT2D eigenvalue weighted by molar-refractivity contribution is -0.124. The van der Waals surface area contributed by atoms with Crippen molar-refractivity contribution in [3.63, 3.8) is 0 Å². The Hall–Kier alpha value is -2.09. The lowest BCUT2D eigenvalue weighted by Gasteiger charge is -2.15. The van der Waals surface area contributed by atoms with Crippen molar-refractivity contribution in [3.8, 4) is 0 Å². The number of rotatable bonds is 4.